The molecule has 0 heterocycles. The van der Waals surface area contributed by atoms with Gasteiger partial charge < -0.3 is 10.5 Å². The van der Waals surface area contributed by atoms with E-state index >= 15 is 0 Å². The van der Waals surface area contributed by atoms with Crippen molar-refractivity contribution in [2.75, 3.05) is 13.2 Å². The summed E-state index contributed by atoms with van der Waals surface area (Å²) >= 11 is 0. The summed E-state index contributed by atoms with van der Waals surface area (Å²) in [4.78, 5) is 0. The summed E-state index contributed by atoms with van der Waals surface area (Å²) in [7, 11) is 0. The van der Waals surface area contributed by atoms with Crippen LogP contribution in [0.5, 0.6) is 5.75 Å². The fraction of sp³-hybridized carbons (Fsp3) is 0.400. The lowest BCUT2D eigenvalue weighted by molar-refractivity contribution is 0.266. The fourth-order valence-electron chi connectivity index (χ4n) is 2.55. The molecule has 1 atom stereocenters. The van der Waals surface area contributed by atoms with E-state index in [-0.39, 0.29) is 5.41 Å². The van der Waals surface area contributed by atoms with Crippen molar-refractivity contribution in [3.8, 4) is 5.75 Å². The molecule has 22 heavy (non-hydrogen) atoms. The molecule has 0 spiro atoms. The molecule has 1 unspecified atom stereocenters. The van der Waals surface area contributed by atoms with Crippen molar-refractivity contribution in [2.24, 2.45) is 5.73 Å². The van der Waals surface area contributed by atoms with E-state index in [1.165, 1.54) is 11.1 Å². The molecule has 0 radical (unpaired) electrons. The SMILES string of the molecule is CC(C)c1ccc(OCCC(C)(CN)c2ccccc2)cc1. The van der Waals surface area contributed by atoms with Crippen LogP contribution in [0.2, 0.25) is 0 Å². The molecule has 0 saturated carbocycles. The number of nitrogens with two attached hydrogens (primary N) is 1. The molecule has 2 N–H and O–H groups in total. The molecule has 0 fully saturated rings. The summed E-state index contributed by atoms with van der Waals surface area (Å²) in [5, 5.41) is 0. The predicted molar refractivity (Wildman–Crippen MR) is 93.5 cm³/mol. The van der Waals surface area contributed by atoms with Crippen LogP contribution in [0.1, 0.15) is 44.2 Å². The van der Waals surface area contributed by atoms with Crippen molar-refractivity contribution < 1.29 is 4.74 Å². The van der Waals surface area contributed by atoms with Gasteiger partial charge in [0.05, 0.1) is 6.61 Å². The van der Waals surface area contributed by atoms with Crippen LogP contribution in [-0.4, -0.2) is 13.2 Å². The number of benzene rings is 2. The molecule has 118 valence electrons. The van der Waals surface area contributed by atoms with Crippen LogP contribution in [0.25, 0.3) is 0 Å². The summed E-state index contributed by atoms with van der Waals surface area (Å²) in [6, 6.07) is 18.8. The molecule has 2 aromatic rings. The van der Waals surface area contributed by atoms with Crippen LogP contribution < -0.4 is 10.5 Å². The molecule has 2 aromatic carbocycles. The maximum atomic E-state index is 6.02. The van der Waals surface area contributed by atoms with Gasteiger partial charge in [-0.15, -0.1) is 0 Å². The highest BCUT2D eigenvalue weighted by molar-refractivity contribution is 5.29. The lowest BCUT2D eigenvalue weighted by Crippen LogP contribution is -2.33. The summed E-state index contributed by atoms with van der Waals surface area (Å²) < 4.78 is 5.90. The van der Waals surface area contributed by atoms with Gasteiger partial charge in [-0.3, -0.25) is 0 Å². The molecule has 0 amide bonds. The summed E-state index contributed by atoms with van der Waals surface area (Å²) in [5.41, 5.74) is 8.58. The quantitative estimate of drug-likeness (QED) is 0.817. The van der Waals surface area contributed by atoms with Crippen molar-refractivity contribution in [3.63, 3.8) is 0 Å². The minimum Gasteiger partial charge on any atom is -0.494 e. The Balaban J connectivity index is 1.94. The standard InChI is InChI=1S/C20H27NO/c1-16(2)17-9-11-19(12-10-17)22-14-13-20(3,15-21)18-7-5-4-6-8-18/h4-12,16H,13-15,21H2,1-3H3. The highest BCUT2D eigenvalue weighted by Crippen LogP contribution is 2.27. The predicted octanol–water partition coefficient (Wildman–Crippen LogP) is 4.50. The van der Waals surface area contributed by atoms with Gasteiger partial charge >= 0.3 is 0 Å². The molecular formula is C20H27NO. The van der Waals surface area contributed by atoms with Crippen LogP contribution in [0.15, 0.2) is 54.6 Å². The number of hydrogen-bond acceptors (Lipinski definition) is 2. The molecular weight excluding hydrogens is 270 g/mol. The first-order valence-corrected chi connectivity index (χ1v) is 8.03. The van der Waals surface area contributed by atoms with Crippen LogP contribution >= 0.6 is 0 Å². The van der Waals surface area contributed by atoms with Crippen LogP contribution in [0.4, 0.5) is 0 Å². The van der Waals surface area contributed by atoms with E-state index in [4.69, 9.17) is 10.5 Å². The zero-order chi connectivity index (χ0) is 16.0. The van der Waals surface area contributed by atoms with Gasteiger partial charge in [-0.2, -0.15) is 0 Å². The number of ether oxygens (including phenoxy) is 1. The summed E-state index contributed by atoms with van der Waals surface area (Å²) in [6.45, 7) is 7.88. The van der Waals surface area contributed by atoms with E-state index in [9.17, 15) is 0 Å². The van der Waals surface area contributed by atoms with Gasteiger partial charge in [0.1, 0.15) is 5.75 Å². The molecule has 2 nitrogen and oxygen atoms in total. The van der Waals surface area contributed by atoms with Gasteiger partial charge in [-0.05, 0) is 35.6 Å². The van der Waals surface area contributed by atoms with E-state index in [2.05, 4.69) is 69.3 Å². The average Bonchev–Trinajstić information content (AvgIpc) is 2.56. The number of rotatable bonds is 7. The van der Waals surface area contributed by atoms with E-state index in [0.29, 0.717) is 19.1 Å². The van der Waals surface area contributed by atoms with Crippen molar-refractivity contribution in [1.29, 1.82) is 0 Å². The van der Waals surface area contributed by atoms with Crippen LogP contribution in [0, 0.1) is 0 Å². The maximum absolute atomic E-state index is 6.02. The third-order valence-corrected chi connectivity index (χ3v) is 4.39. The van der Waals surface area contributed by atoms with Crippen molar-refractivity contribution in [3.05, 3.63) is 65.7 Å². The van der Waals surface area contributed by atoms with Crippen molar-refractivity contribution in [2.45, 2.75) is 38.5 Å². The van der Waals surface area contributed by atoms with E-state index in [1.807, 2.05) is 6.07 Å². The second-order valence-electron chi connectivity index (χ2n) is 6.45. The Hall–Kier alpha value is -1.80. The van der Waals surface area contributed by atoms with Crippen molar-refractivity contribution >= 4 is 0 Å². The third-order valence-electron chi connectivity index (χ3n) is 4.39. The second-order valence-corrected chi connectivity index (χ2v) is 6.45. The zero-order valence-electron chi connectivity index (χ0n) is 13.9. The van der Waals surface area contributed by atoms with Gasteiger partial charge in [-0.25, -0.2) is 0 Å². The molecule has 0 aliphatic carbocycles. The molecule has 0 aromatic heterocycles. The summed E-state index contributed by atoms with van der Waals surface area (Å²) in [6.07, 6.45) is 0.902. The molecule has 0 saturated heterocycles. The third kappa shape index (κ3) is 4.11. The molecule has 2 rings (SSSR count). The smallest absolute Gasteiger partial charge is 0.119 e. The Morgan fingerprint density at radius 1 is 1.00 bits per heavy atom. The second kappa shape index (κ2) is 7.46. The minimum atomic E-state index is -0.0425. The first-order valence-electron chi connectivity index (χ1n) is 8.03. The Bertz CT molecular complexity index is 562. The lowest BCUT2D eigenvalue weighted by Gasteiger charge is -2.28. The van der Waals surface area contributed by atoms with Gasteiger partial charge in [-0.1, -0.05) is 63.2 Å². The Morgan fingerprint density at radius 2 is 1.64 bits per heavy atom. The van der Waals surface area contributed by atoms with Crippen LogP contribution in [-0.2, 0) is 5.41 Å². The highest BCUT2D eigenvalue weighted by atomic mass is 16.5. The van der Waals surface area contributed by atoms with E-state index in [0.717, 1.165) is 12.2 Å². The molecule has 0 bridgehead atoms. The molecule has 2 heteroatoms. The molecule has 0 aliphatic rings. The van der Waals surface area contributed by atoms with Crippen LogP contribution in [0.3, 0.4) is 0 Å². The Kier molecular flexibility index (Phi) is 5.62. The van der Waals surface area contributed by atoms with E-state index in [1.54, 1.807) is 0 Å². The minimum absolute atomic E-state index is 0.0425. The van der Waals surface area contributed by atoms with Gasteiger partial charge in [0.2, 0.25) is 0 Å². The van der Waals surface area contributed by atoms with Gasteiger partial charge in [0.15, 0.2) is 0 Å². The Labute approximate surface area is 134 Å². The summed E-state index contributed by atoms with van der Waals surface area (Å²) in [5.74, 6) is 1.48. The lowest BCUT2D eigenvalue weighted by atomic mass is 9.80. The van der Waals surface area contributed by atoms with E-state index < -0.39 is 0 Å². The largest absolute Gasteiger partial charge is 0.494 e. The first-order chi connectivity index (χ1) is 10.5. The maximum Gasteiger partial charge on any atom is 0.119 e. The monoisotopic (exact) mass is 297 g/mol. The van der Waals surface area contributed by atoms with Gasteiger partial charge in [0.25, 0.3) is 0 Å². The van der Waals surface area contributed by atoms with Gasteiger partial charge in [0, 0.05) is 12.0 Å². The van der Waals surface area contributed by atoms with Crippen molar-refractivity contribution in [1.82, 2.24) is 0 Å². The Morgan fingerprint density at radius 3 is 2.18 bits per heavy atom. The topological polar surface area (TPSA) is 35.2 Å². The normalized spacial score (nSPS) is 13.9. The fourth-order valence-corrected chi connectivity index (χ4v) is 2.55. The zero-order valence-corrected chi connectivity index (χ0v) is 13.9. The first kappa shape index (κ1) is 16.6. The molecule has 0 aliphatic heterocycles. The average molecular weight is 297 g/mol. The highest BCUT2D eigenvalue weighted by Gasteiger charge is 2.24. The number of hydrogen-bond donors (Lipinski definition) is 1.